The Morgan fingerprint density at radius 2 is 1.52 bits per heavy atom. The molecule has 0 amide bonds. The van der Waals surface area contributed by atoms with Crippen molar-refractivity contribution in [1.29, 1.82) is 0 Å². The van der Waals surface area contributed by atoms with Gasteiger partial charge in [-0.1, -0.05) is 18.2 Å². The molecule has 8 heteroatoms. The number of hydrogen-bond acceptors (Lipinski definition) is 5. The van der Waals surface area contributed by atoms with Crippen molar-refractivity contribution in [2.24, 2.45) is 16.9 Å². The van der Waals surface area contributed by atoms with E-state index < -0.39 is 28.2 Å². The molecule has 1 atom stereocenters. The Hall–Kier alpha value is -2.84. The molecule has 4 N–H and O–H groups in total. The number of carbonyl (C=O) groups excluding carboxylic acids is 1. The molecule has 0 fully saturated rings. The lowest BCUT2D eigenvalue weighted by molar-refractivity contribution is -0.158. The zero-order chi connectivity index (χ0) is 32.8. The summed E-state index contributed by atoms with van der Waals surface area (Å²) in [4.78, 5) is 12.8. The highest BCUT2D eigenvalue weighted by Crippen LogP contribution is 2.37. The number of allylic oxidation sites excluding steroid dienone is 1. The standard InChI is InChI=1S/C36H51F3N2O3/c1-25-15-17-29(36(37,38)39)23-31(25)28-14-10-9-13-26-22-30(18-16-27(26)21-28)43-19-11-7-8-12-20-44-32(42)34(4,5)35(6,41)24-33(2,3)40/h15-18,21-23H,7-14,19-20,24,40-41H2,1-6H3/b28-21+. The van der Waals surface area contributed by atoms with E-state index in [9.17, 15) is 18.0 Å². The number of nitrogens with two attached hydrogens (primary N) is 2. The maximum Gasteiger partial charge on any atom is 0.416 e. The molecule has 1 unspecified atom stereocenters. The average molecular weight is 617 g/mol. The molecule has 0 bridgehead atoms. The van der Waals surface area contributed by atoms with E-state index in [1.54, 1.807) is 6.07 Å². The van der Waals surface area contributed by atoms with E-state index in [1.807, 2.05) is 59.8 Å². The topological polar surface area (TPSA) is 87.6 Å². The Labute approximate surface area is 261 Å². The van der Waals surface area contributed by atoms with Crippen LogP contribution in [0.25, 0.3) is 11.6 Å². The van der Waals surface area contributed by atoms with E-state index >= 15 is 0 Å². The average Bonchev–Trinajstić information content (AvgIpc) is 2.89. The van der Waals surface area contributed by atoms with Gasteiger partial charge in [-0.05, 0) is 151 Å². The van der Waals surface area contributed by atoms with Gasteiger partial charge in [0.2, 0.25) is 0 Å². The van der Waals surface area contributed by atoms with Crippen molar-refractivity contribution in [3.63, 3.8) is 0 Å². The van der Waals surface area contributed by atoms with Crippen LogP contribution in [0.15, 0.2) is 36.4 Å². The molecule has 1 aliphatic rings. The lowest BCUT2D eigenvalue weighted by atomic mass is 9.68. The lowest BCUT2D eigenvalue weighted by Crippen LogP contribution is -2.59. The zero-order valence-corrected chi connectivity index (χ0v) is 27.3. The Balaban J connectivity index is 1.48. The van der Waals surface area contributed by atoms with Gasteiger partial charge in [-0.3, -0.25) is 4.79 Å². The van der Waals surface area contributed by atoms with Gasteiger partial charge in [0.1, 0.15) is 5.75 Å². The molecule has 244 valence electrons. The Morgan fingerprint density at radius 1 is 0.864 bits per heavy atom. The van der Waals surface area contributed by atoms with E-state index in [1.165, 1.54) is 6.07 Å². The summed E-state index contributed by atoms with van der Waals surface area (Å²) in [6.45, 7) is 12.1. The van der Waals surface area contributed by atoms with Crippen molar-refractivity contribution < 1.29 is 27.4 Å². The third kappa shape index (κ3) is 9.83. The van der Waals surface area contributed by atoms with Crippen LogP contribution in [0.2, 0.25) is 0 Å². The molecule has 0 radical (unpaired) electrons. The van der Waals surface area contributed by atoms with Crippen LogP contribution in [0.3, 0.4) is 0 Å². The quantitative estimate of drug-likeness (QED) is 0.174. The molecule has 1 aliphatic carbocycles. The summed E-state index contributed by atoms with van der Waals surface area (Å²) in [5, 5.41) is 0. The highest BCUT2D eigenvalue weighted by atomic mass is 19.4. The van der Waals surface area contributed by atoms with Crippen molar-refractivity contribution in [2.75, 3.05) is 13.2 Å². The van der Waals surface area contributed by atoms with Crippen molar-refractivity contribution in [3.8, 4) is 5.75 Å². The van der Waals surface area contributed by atoms with Gasteiger partial charge in [0.05, 0.1) is 24.2 Å². The Kier molecular flexibility index (Phi) is 11.7. The van der Waals surface area contributed by atoms with Crippen LogP contribution in [0.4, 0.5) is 13.2 Å². The van der Waals surface area contributed by atoms with Crippen LogP contribution in [0.1, 0.15) is 114 Å². The summed E-state index contributed by atoms with van der Waals surface area (Å²) in [5.74, 6) is 0.497. The first kappa shape index (κ1) is 35.6. The van der Waals surface area contributed by atoms with Crippen molar-refractivity contribution >= 4 is 17.6 Å². The predicted octanol–water partition coefficient (Wildman–Crippen LogP) is 8.63. The molecule has 44 heavy (non-hydrogen) atoms. The number of ether oxygens (including phenoxy) is 2. The minimum Gasteiger partial charge on any atom is -0.494 e. The van der Waals surface area contributed by atoms with Gasteiger partial charge in [-0.2, -0.15) is 13.2 Å². The molecule has 0 spiro atoms. The normalized spacial score (nSPS) is 17.0. The van der Waals surface area contributed by atoms with Gasteiger partial charge in [0.25, 0.3) is 0 Å². The number of benzene rings is 2. The van der Waals surface area contributed by atoms with Gasteiger partial charge in [-0.25, -0.2) is 0 Å². The van der Waals surface area contributed by atoms with Crippen molar-refractivity contribution in [3.05, 3.63) is 64.2 Å². The van der Waals surface area contributed by atoms with Crippen LogP contribution < -0.4 is 16.2 Å². The number of carbonyl (C=O) groups is 1. The van der Waals surface area contributed by atoms with Crippen molar-refractivity contribution in [2.45, 2.75) is 117 Å². The number of fused-ring (bicyclic) bond motifs is 1. The van der Waals surface area contributed by atoms with E-state index in [0.717, 1.165) is 85.4 Å². The summed E-state index contributed by atoms with van der Waals surface area (Å²) in [7, 11) is 0. The minimum atomic E-state index is -4.37. The molecule has 2 aromatic carbocycles. The molecule has 2 aromatic rings. The minimum absolute atomic E-state index is 0.305. The molecular formula is C36H51F3N2O3. The molecule has 0 aromatic heterocycles. The van der Waals surface area contributed by atoms with Gasteiger partial charge in [-0.15, -0.1) is 0 Å². The van der Waals surface area contributed by atoms with Crippen LogP contribution in [0.5, 0.6) is 5.75 Å². The second-order valence-corrected chi connectivity index (χ2v) is 13.9. The second-order valence-electron chi connectivity index (χ2n) is 13.9. The number of alkyl halides is 3. The third-order valence-electron chi connectivity index (χ3n) is 8.80. The highest BCUT2D eigenvalue weighted by molar-refractivity contribution is 5.84. The SMILES string of the molecule is Cc1ccc(C(F)(F)F)cc1/C1=C/c2ccc(OCCCCCCOC(=O)C(C)(C)C(C)(N)CC(C)(C)N)cc2CCCC1. The maximum absolute atomic E-state index is 13.4. The first-order valence-corrected chi connectivity index (χ1v) is 15.8. The van der Waals surface area contributed by atoms with Gasteiger partial charge < -0.3 is 20.9 Å². The number of rotatable bonds is 13. The summed E-state index contributed by atoms with van der Waals surface area (Å²) >= 11 is 0. The van der Waals surface area contributed by atoms with Crippen LogP contribution >= 0.6 is 0 Å². The highest BCUT2D eigenvalue weighted by Gasteiger charge is 2.47. The van der Waals surface area contributed by atoms with Gasteiger partial charge in [0.15, 0.2) is 0 Å². The fourth-order valence-electron chi connectivity index (χ4n) is 5.77. The smallest absolute Gasteiger partial charge is 0.416 e. The fraction of sp³-hybridized carbons (Fsp3) is 0.583. The lowest BCUT2D eigenvalue weighted by Gasteiger charge is -2.42. The Morgan fingerprint density at radius 3 is 2.18 bits per heavy atom. The number of unbranched alkanes of at least 4 members (excludes halogenated alkanes) is 3. The second kappa shape index (κ2) is 14.5. The predicted molar refractivity (Wildman–Crippen MR) is 172 cm³/mol. The summed E-state index contributed by atoms with van der Waals surface area (Å²) in [6.07, 6.45) is 5.20. The third-order valence-corrected chi connectivity index (χ3v) is 8.80. The largest absolute Gasteiger partial charge is 0.494 e. The van der Waals surface area contributed by atoms with E-state index in [-0.39, 0.29) is 5.97 Å². The number of hydrogen-bond donors (Lipinski definition) is 2. The number of aryl methyl sites for hydroxylation is 2. The molecule has 0 saturated heterocycles. The zero-order valence-electron chi connectivity index (χ0n) is 27.3. The number of halogens is 3. The summed E-state index contributed by atoms with van der Waals surface area (Å²) < 4.78 is 51.8. The molecule has 0 saturated carbocycles. The van der Waals surface area contributed by atoms with Crippen LogP contribution in [0, 0.1) is 12.3 Å². The van der Waals surface area contributed by atoms with Crippen molar-refractivity contribution in [1.82, 2.24) is 0 Å². The molecular weight excluding hydrogens is 565 g/mol. The van der Waals surface area contributed by atoms with E-state index in [0.29, 0.717) is 25.2 Å². The molecule has 5 nitrogen and oxygen atoms in total. The molecule has 0 aliphatic heterocycles. The molecule has 3 rings (SSSR count). The van der Waals surface area contributed by atoms with Crippen LogP contribution in [-0.4, -0.2) is 30.3 Å². The first-order valence-electron chi connectivity index (χ1n) is 15.8. The summed E-state index contributed by atoms with van der Waals surface area (Å²) in [6, 6.07) is 10.0. The monoisotopic (exact) mass is 616 g/mol. The fourth-order valence-corrected chi connectivity index (χ4v) is 5.77. The van der Waals surface area contributed by atoms with Gasteiger partial charge >= 0.3 is 12.1 Å². The first-order chi connectivity index (χ1) is 20.4. The Bertz CT molecular complexity index is 1310. The molecule has 0 heterocycles. The van der Waals surface area contributed by atoms with E-state index in [4.69, 9.17) is 20.9 Å². The number of esters is 1. The van der Waals surface area contributed by atoms with Crippen LogP contribution in [-0.2, 0) is 22.1 Å². The summed E-state index contributed by atoms with van der Waals surface area (Å²) in [5.41, 5.74) is 14.5. The van der Waals surface area contributed by atoms with E-state index in [2.05, 4.69) is 6.07 Å². The van der Waals surface area contributed by atoms with Gasteiger partial charge in [0, 0.05) is 11.1 Å². The maximum atomic E-state index is 13.4.